The summed E-state index contributed by atoms with van der Waals surface area (Å²) in [5.74, 6) is 1.31. The van der Waals surface area contributed by atoms with Gasteiger partial charge < -0.3 is 4.74 Å². The first-order valence-corrected chi connectivity index (χ1v) is 7.87. The first kappa shape index (κ1) is 17.3. The van der Waals surface area contributed by atoms with Gasteiger partial charge in [-0.3, -0.25) is 4.57 Å². The summed E-state index contributed by atoms with van der Waals surface area (Å²) in [4.78, 5) is 14.8. The highest BCUT2D eigenvalue weighted by Gasteiger charge is 2.10. The minimum Gasteiger partial charge on any atom is -0.457 e. The maximum Gasteiger partial charge on any atom is 0.343 e. The van der Waals surface area contributed by atoms with Crippen molar-refractivity contribution in [2.45, 2.75) is 6.42 Å². The average Bonchev–Trinajstić information content (AvgIpc) is 2.96. The topological polar surface area (TPSA) is 88.1 Å². The quantitative estimate of drug-likeness (QED) is 0.716. The minimum atomic E-state index is -0.287. The molecule has 0 aliphatic heterocycles. The van der Waals surface area contributed by atoms with Crippen LogP contribution in [0.4, 0.5) is 5.69 Å². The van der Waals surface area contributed by atoms with Crippen LogP contribution >= 0.6 is 11.6 Å². The van der Waals surface area contributed by atoms with Gasteiger partial charge in [-0.25, -0.2) is 14.7 Å². The van der Waals surface area contributed by atoms with Crippen molar-refractivity contribution in [1.29, 1.82) is 5.26 Å². The van der Waals surface area contributed by atoms with Crippen molar-refractivity contribution in [3.63, 3.8) is 0 Å². The van der Waals surface area contributed by atoms with Gasteiger partial charge in [-0.15, -0.1) is 0 Å². The first-order chi connectivity index (χ1) is 12.5. The van der Waals surface area contributed by atoms with Gasteiger partial charge >= 0.3 is 5.69 Å². The predicted octanol–water partition coefficient (Wildman–Crippen LogP) is 3.57. The Morgan fingerprint density at radius 3 is 2.85 bits per heavy atom. The third-order valence-corrected chi connectivity index (χ3v) is 4.02. The second-order valence-corrected chi connectivity index (χ2v) is 5.89. The molecule has 128 valence electrons. The van der Waals surface area contributed by atoms with Gasteiger partial charge in [-0.1, -0.05) is 17.7 Å². The highest BCUT2D eigenvalue weighted by atomic mass is 35.5. The second kappa shape index (κ2) is 7.14. The van der Waals surface area contributed by atoms with Gasteiger partial charge in [0.05, 0.1) is 17.7 Å². The van der Waals surface area contributed by atoms with Crippen molar-refractivity contribution in [1.82, 2.24) is 14.8 Å². The lowest BCUT2D eigenvalue weighted by atomic mass is 10.1. The van der Waals surface area contributed by atoms with E-state index < -0.39 is 0 Å². The van der Waals surface area contributed by atoms with Crippen LogP contribution in [0.1, 0.15) is 17.0 Å². The molecular weight excluding hydrogens is 354 g/mol. The number of nitriles is 1. The van der Waals surface area contributed by atoms with E-state index in [1.165, 1.54) is 22.8 Å². The van der Waals surface area contributed by atoms with E-state index in [0.717, 1.165) is 5.56 Å². The molecule has 1 aromatic heterocycles. The van der Waals surface area contributed by atoms with Gasteiger partial charge in [0.2, 0.25) is 0 Å². The molecule has 0 aliphatic carbocycles. The summed E-state index contributed by atoms with van der Waals surface area (Å²) < 4.78 is 7.21. The molecule has 0 saturated carbocycles. The molecule has 26 heavy (non-hydrogen) atoms. The maximum absolute atomic E-state index is 11.5. The molecule has 3 rings (SSSR count). The second-order valence-electron chi connectivity index (χ2n) is 5.49. The van der Waals surface area contributed by atoms with E-state index in [4.69, 9.17) is 28.2 Å². The largest absolute Gasteiger partial charge is 0.457 e. The van der Waals surface area contributed by atoms with Gasteiger partial charge in [0, 0.05) is 19.0 Å². The number of aromatic amines is 1. The summed E-state index contributed by atoms with van der Waals surface area (Å²) in [6, 6.07) is 11.8. The number of nitrogens with zero attached hydrogens (tertiary/aromatic N) is 4. The van der Waals surface area contributed by atoms with Crippen LogP contribution in [-0.4, -0.2) is 14.8 Å². The molecule has 0 fully saturated rings. The fraction of sp³-hybridized carbons (Fsp3) is 0.111. The summed E-state index contributed by atoms with van der Waals surface area (Å²) in [6.45, 7) is 7.11. The molecule has 8 heteroatoms. The molecule has 0 saturated heterocycles. The number of benzene rings is 2. The number of H-pyrrole nitrogens is 1. The van der Waals surface area contributed by atoms with Gasteiger partial charge in [0.1, 0.15) is 17.3 Å². The normalized spacial score (nSPS) is 10.2. The molecule has 0 radical (unpaired) electrons. The summed E-state index contributed by atoms with van der Waals surface area (Å²) in [7, 11) is 1.63. The Morgan fingerprint density at radius 1 is 1.38 bits per heavy atom. The Kier molecular flexibility index (Phi) is 4.74. The number of nitrogens with one attached hydrogen (secondary N) is 1. The fourth-order valence-electron chi connectivity index (χ4n) is 2.35. The Labute approximate surface area is 153 Å². The lowest BCUT2D eigenvalue weighted by Crippen LogP contribution is -2.14. The maximum atomic E-state index is 11.5. The zero-order valence-corrected chi connectivity index (χ0v) is 14.4. The number of aromatic nitrogens is 3. The van der Waals surface area contributed by atoms with Crippen molar-refractivity contribution >= 4 is 17.3 Å². The molecule has 2 aromatic carbocycles. The standard InChI is InChI=1S/C18H12ClN5O2/c1-21-13-5-12(10-20)6-14(9-13)26-16-7-11(3-4-15(16)19)8-17-22-23-18(25)24(17)2/h3-7,9H,8H2,2H3,(H,23,25). The van der Waals surface area contributed by atoms with Crippen LogP contribution in [0.3, 0.4) is 0 Å². The van der Waals surface area contributed by atoms with Crippen LogP contribution in [0.5, 0.6) is 11.5 Å². The predicted molar refractivity (Wildman–Crippen MR) is 95.6 cm³/mol. The van der Waals surface area contributed by atoms with Crippen LogP contribution in [0.2, 0.25) is 5.02 Å². The Hall–Kier alpha value is -3.55. The van der Waals surface area contributed by atoms with Crippen molar-refractivity contribution < 1.29 is 4.74 Å². The Morgan fingerprint density at radius 2 is 2.19 bits per heavy atom. The molecule has 3 aromatic rings. The zero-order chi connectivity index (χ0) is 18.7. The van der Waals surface area contributed by atoms with Crippen LogP contribution < -0.4 is 10.4 Å². The van der Waals surface area contributed by atoms with E-state index in [9.17, 15) is 4.79 Å². The minimum absolute atomic E-state index is 0.287. The van der Waals surface area contributed by atoms with E-state index in [2.05, 4.69) is 15.0 Å². The molecule has 1 heterocycles. The van der Waals surface area contributed by atoms with E-state index >= 15 is 0 Å². The number of hydrogen-bond donors (Lipinski definition) is 1. The van der Waals surface area contributed by atoms with E-state index in [1.54, 1.807) is 19.2 Å². The third-order valence-electron chi connectivity index (χ3n) is 3.71. The lowest BCUT2D eigenvalue weighted by molar-refractivity contribution is 0.482. The van der Waals surface area contributed by atoms with Gasteiger partial charge in [0.25, 0.3) is 0 Å². The lowest BCUT2D eigenvalue weighted by Gasteiger charge is -2.10. The Balaban J connectivity index is 1.92. The molecule has 0 aliphatic rings. The first-order valence-electron chi connectivity index (χ1n) is 7.49. The van der Waals surface area contributed by atoms with Crippen LogP contribution in [-0.2, 0) is 13.5 Å². The van der Waals surface area contributed by atoms with Crippen molar-refractivity contribution in [3.8, 4) is 17.6 Å². The summed E-state index contributed by atoms with van der Waals surface area (Å²) in [5, 5.41) is 15.8. The number of halogens is 1. The fourth-order valence-corrected chi connectivity index (χ4v) is 2.51. The summed E-state index contributed by atoms with van der Waals surface area (Å²) in [5.41, 5.74) is 1.18. The van der Waals surface area contributed by atoms with Crippen molar-refractivity contribution in [2.75, 3.05) is 0 Å². The molecule has 0 amide bonds. The van der Waals surface area contributed by atoms with Gasteiger partial charge in [-0.2, -0.15) is 10.4 Å². The van der Waals surface area contributed by atoms with E-state index in [-0.39, 0.29) is 5.69 Å². The molecule has 0 spiro atoms. The number of rotatable bonds is 4. The summed E-state index contributed by atoms with van der Waals surface area (Å²) >= 11 is 6.20. The molecule has 0 atom stereocenters. The van der Waals surface area contributed by atoms with Crippen molar-refractivity contribution in [3.05, 3.63) is 80.3 Å². The Bertz CT molecular complexity index is 1090. The van der Waals surface area contributed by atoms with E-state index in [0.29, 0.717) is 40.0 Å². The third kappa shape index (κ3) is 3.59. The zero-order valence-electron chi connectivity index (χ0n) is 13.7. The van der Waals surface area contributed by atoms with Crippen molar-refractivity contribution in [2.24, 2.45) is 7.05 Å². The SMILES string of the molecule is [C-]#[N+]c1cc(C#N)cc(Oc2cc(Cc3n[nH]c(=O)n3C)ccc2Cl)c1. The smallest absolute Gasteiger partial charge is 0.343 e. The molecule has 0 unspecified atom stereocenters. The average molecular weight is 366 g/mol. The highest BCUT2D eigenvalue weighted by molar-refractivity contribution is 6.32. The summed E-state index contributed by atoms with van der Waals surface area (Å²) in [6.07, 6.45) is 0.411. The van der Waals surface area contributed by atoms with Gasteiger partial charge in [-0.05, 0) is 35.9 Å². The monoisotopic (exact) mass is 365 g/mol. The van der Waals surface area contributed by atoms with E-state index in [1.807, 2.05) is 12.1 Å². The number of hydrogen-bond acceptors (Lipinski definition) is 4. The van der Waals surface area contributed by atoms with Gasteiger partial charge in [0.15, 0.2) is 5.69 Å². The van der Waals surface area contributed by atoms with Crippen LogP contribution in [0.15, 0.2) is 41.2 Å². The molecule has 0 bridgehead atoms. The van der Waals surface area contributed by atoms with Crippen LogP contribution in [0, 0.1) is 17.9 Å². The molecular formula is C18H12ClN5O2. The number of ether oxygens (including phenoxy) is 1. The highest BCUT2D eigenvalue weighted by Crippen LogP contribution is 2.33. The van der Waals surface area contributed by atoms with Crippen LogP contribution in [0.25, 0.3) is 4.85 Å². The molecule has 7 nitrogen and oxygen atoms in total. The molecule has 1 N–H and O–H groups in total.